The van der Waals surface area contributed by atoms with E-state index in [1.165, 1.54) is 22.3 Å². The number of aliphatic imine (C=N–C) groups is 1. The van der Waals surface area contributed by atoms with E-state index in [0.717, 1.165) is 48.8 Å². The summed E-state index contributed by atoms with van der Waals surface area (Å²) in [7, 11) is 5.00. The molecule has 0 N–H and O–H groups in total. The van der Waals surface area contributed by atoms with Crippen molar-refractivity contribution in [3.63, 3.8) is 0 Å². The number of hydrogen-bond donors (Lipinski definition) is 0. The smallest absolute Gasteiger partial charge is 0.161 e. The molecule has 0 radical (unpaired) electrons. The SMILES string of the molecule is COc1ccc2c(c1)CCN=C2Cc1cc(OC)c(OC)cc1CCCl.Cl. The largest absolute Gasteiger partial charge is 0.497 e. The highest BCUT2D eigenvalue weighted by atomic mass is 35.5. The molecule has 146 valence electrons. The van der Waals surface area contributed by atoms with Crippen LogP contribution in [0, 0.1) is 0 Å². The number of halogens is 2. The Morgan fingerprint density at radius 1 is 0.963 bits per heavy atom. The zero-order chi connectivity index (χ0) is 18.5. The summed E-state index contributed by atoms with van der Waals surface area (Å²) < 4.78 is 16.3. The molecular weight excluding hydrogens is 385 g/mol. The van der Waals surface area contributed by atoms with Crippen LogP contribution in [0.1, 0.15) is 22.3 Å². The van der Waals surface area contributed by atoms with Crippen molar-refractivity contribution >= 4 is 29.7 Å². The number of rotatable bonds is 7. The lowest BCUT2D eigenvalue weighted by atomic mass is 9.91. The number of ether oxygens (including phenoxy) is 3. The predicted molar refractivity (Wildman–Crippen MR) is 113 cm³/mol. The van der Waals surface area contributed by atoms with Gasteiger partial charge in [0.25, 0.3) is 0 Å². The second-order valence-corrected chi connectivity index (χ2v) is 6.57. The Bertz CT molecular complexity index is 821. The monoisotopic (exact) mass is 409 g/mol. The lowest BCUT2D eigenvalue weighted by molar-refractivity contribution is 0.354. The first-order valence-corrected chi connectivity index (χ1v) is 9.24. The summed E-state index contributed by atoms with van der Waals surface area (Å²) in [4.78, 5) is 4.79. The molecule has 3 rings (SSSR count). The molecule has 0 spiro atoms. The van der Waals surface area contributed by atoms with Gasteiger partial charge >= 0.3 is 0 Å². The lowest BCUT2D eigenvalue weighted by Crippen LogP contribution is -2.16. The Kier molecular flexibility index (Phi) is 7.81. The summed E-state index contributed by atoms with van der Waals surface area (Å²) in [5.74, 6) is 2.90. The highest BCUT2D eigenvalue weighted by Crippen LogP contribution is 2.32. The van der Waals surface area contributed by atoms with Crippen LogP contribution in [0.3, 0.4) is 0 Å². The molecule has 1 heterocycles. The maximum absolute atomic E-state index is 6.02. The van der Waals surface area contributed by atoms with Gasteiger partial charge in [0.05, 0.1) is 21.3 Å². The van der Waals surface area contributed by atoms with Crippen LogP contribution in [0.2, 0.25) is 0 Å². The summed E-state index contributed by atoms with van der Waals surface area (Å²) in [5, 5.41) is 0. The second kappa shape index (κ2) is 9.86. The molecule has 1 aliphatic heterocycles. The van der Waals surface area contributed by atoms with Crippen molar-refractivity contribution in [3.8, 4) is 17.2 Å². The first kappa shape index (κ1) is 21.4. The van der Waals surface area contributed by atoms with Crippen LogP contribution in [-0.2, 0) is 19.3 Å². The third kappa shape index (κ3) is 4.69. The van der Waals surface area contributed by atoms with Crippen molar-refractivity contribution in [3.05, 3.63) is 52.6 Å². The van der Waals surface area contributed by atoms with E-state index in [1.807, 2.05) is 18.2 Å². The fraction of sp³-hybridized carbons (Fsp3) is 0.381. The van der Waals surface area contributed by atoms with Crippen LogP contribution in [0.4, 0.5) is 0 Å². The van der Waals surface area contributed by atoms with Crippen molar-refractivity contribution in [2.24, 2.45) is 4.99 Å². The Balaban J connectivity index is 0.00000261. The minimum Gasteiger partial charge on any atom is -0.497 e. The van der Waals surface area contributed by atoms with Crippen molar-refractivity contribution < 1.29 is 14.2 Å². The van der Waals surface area contributed by atoms with Crippen LogP contribution in [0.5, 0.6) is 17.2 Å². The van der Waals surface area contributed by atoms with Crippen LogP contribution in [0.15, 0.2) is 35.3 Å². The Labute approximate surface area is 171 Å². The summed E-state index contributed by atoms with van der Waals surface area (Å²) in [6.45, 7) is 0.799. The van der Waals surface area contributed by atoms with E-state index in [0.29, 0.717) is 5.88 Å². The van der Waals surface area contributed by atoms with Gasteiger partial charge in [-0.1, -0.05) is 0 Å². The molecule has 0 saturated carbocycles. The first-order chi connectivity index (χ1) is 12.7. The lowest BCUT2D eigenvalue weighted by Gasteiger charge is -2.20. The van der Waals surface area contributed by atoms with Crippen molar-refractivity contribution in [2.45, 2.75) is 19.3 Å². The number of hydrogen-bond acceptors (Lipinski definition) is 4. The molecule has 2 aromatic carbocycles. The average Bonchev–Trinajstić information content (AvgIpc) is 2.68. The summed E-state index contributed by atoms with van der Waals surface area (Å²) in [6.07, 6.45) is 2.46. The van der Waals surface area contributed by atoms with Gasteiger partial charge in [0.2, 0.25) is 0 Å². The number of nitrogens with zero attached hydrogens (tertiary/aromatic N) is 1. The highest BCUT2D eigenvalue weighted by molar-refractivity contribution is 6.18. The second-order valence-electron chi connectivity index (χ2n) is 6.19. The van der Waals surface area contributed by atoms with Crippen molar-refractivity contribution in [1.29, 1.82) is 0 Å². The van der Waals surface area contributed by atoms with Crippen LogP contribution >= 0.6 is 24.0 Å². The maximum Gasteiger partial charge on any atom is 0.161 e. The third-order valence-electron chi connectivity index (χ3n) is 4.73. The van der Waals surface area contributed by atoms with Crippen molar-refractivity contribution in [1.82, 2.24) is 0 Å². The Morgan fingerprint density at radius 3 is 2.30 bits per heavy atom. The topological polar surface area (TPSA) is 40.0 Å². The molecule has 4 nitrogen and oxygen atoms in total. The fourth-order valence-electron chi connectivity index (χ4n) is 3.38. The number of alkyl halides is 1. The summed E-state index contributed by atoms with van der Waals surface area (Å²) >= 11 is 6.02. The van der Waals surface area contributed by atoms with Crippen LogP contribution in [0.25, 0.3) is 0 Å². The van der Waals surface area contributed by atoms with Gasteiger partial charge < -0.3 is 14.2 Å². The molecular formula is C21H25Cl2NO3. The third-order valence-corrected chi connectivity index (χ3v) is 4.92. The van der Waals surface area contributed by atoms with Gasteiger partial charge in [-0.3, -0.25) is 4.99 Å². The molecule has 6 heteroatoms. The zero-order valence-electron chi connectivity index (χ0n) is 15.9. The number of benzene rings is 2. The molecule has 1 aliphatic rings. The molecule has 27 heavy (non-hydrogen) atoms. The Morgan fingerprint density at radius 2 is 1.67 bits per heavy atom. The normalized spacial score (nSPS) is 12.5. The van der Waals surface area contributed by atoms with Gasteiger partial charge in [0.15, 0.2) is 11.5 Å². The molecule has 0 atom stereocenters. The van der Waals surface area contributed by atoms with E-state index in [9.17, 15) is 0 Å². The van der Waals surface area contributed by atoms with Gasteiger partial charge in [-0.2, -0.15) is 0 Å². The van der Waals surface area contributed by atoms with Gasteiger partial charge in [-0.05, 0) is 65.4 Å². The molecule has 0 saturated heterocycles. The maximum atomic E-state index is 6.02. The molecule has 0 aliphatic carbocycles. The number of fused-ring (bicyclic) bond motifs is 1. The molecule has 0 bridgehead atoms. The molecule has 2 aromatic rings. The molecule has 0 amide bonds. The van der Waals surface area contributed by atoms with Gasteiger partial charge in [-0.25, -0.2) is 0 Å². The molecule has 0 unspecified atom stereocenters. The van der Waals surface area contributed by atoms with Gasteiger partial charge in [0, 0.05) is 24.6 Å². The van der Waals surface area contributed by atoms with E-state index >= 15 is 0 Å². The van der Waals surface area contributed by atoms with Gasteiger partial charge in [0.1, 0.15) is 5.75 Å². The minimum absolute atomic E-state index is 0. The van der Waals surface area contributed by atoms with E-state index < -0.39 is 0 Å². The van der Waals surface area contributed by atoms with E-state index in [-0.39, 0.29) is 12.4 Å². The molecule has 0 fully saturated rings. The van der Waals surface area contributed by atoms with E-state index in [4.69, 9.17) is 30.8 Å². The quantitative estimate of drug-likeness (QED) is 0.631. The number of methoxy groups -OCH3 is 3. The minimum atomic E-state index is 0. The highest BCUT2D eigenvalue weighted by Gasteiger charge is 2.18. The Hall–Kier alpha value is -1.91. The predicted octanol–water partition coefficient (Wildman–Crippen LogP) is 4.50. The van der Waals surface area contributed by atoms with Crippen LogP contribution < -0.4 is 14.2 Å². The fourth-order valence-corrected chi connectivity index (χ4v) is 3.58. The number of aryl methyl sites for hydroxylation is 1. The van der Waals surface area contributed by atoms with Gasteiger partial charge in [-0.15, -0.1) is 24.0 Å². The van der Waals surface area contributed by atoms with E-state index in [2.05, 4.69) is 12.1 Å². The summed E-state index contributed by atoms with van der Waals surface area (Å²) in [6, 6.07) is 10.3. The average molecular weight is 410 g/mol. The van der Waals surface area contributed by atoms with Crippen LogP contribution in [-0.4, -0.2) is 39.5 Å². The van der Waals surface area contributed by atoms with E-state index in [1.54, 1.807) is 21.3 Å². The summed E-state index contributed by atoms with van der Waals surface area (Å²) in [5.41, 5.74) is 5.92. The zero-order valence-corrected chi connectivity index (χ0v) is 17.5. The first-order valence-electron chi connectivity index (χ1n) is 8.70. The van der Waals surface area contributed by atoms with Crippen molar-refractivity contribution in [2.75, 3.05) is 33.8 Å². The molecule has 0 aromatic heterocycles. The standard InChI is InChI=1S/C21H24ClNO3.ClH/c1-24-17-4-5-18-15(10-17)7-9-23-19(18)11-16-13-21(26-3)20(25-2)12-14(16)6-8-22;/h4-5,10,12-13H,6-9,11H2,1-3H3;1H.